The number of benzene rings is 1. The highest BCUT2D eigenvalue weighted by Crippen LogP contribution is 2.16. The SMILES string of the molecule is CN=C(NCCCc1nnc2ccccn12)N(C)Cc1ncc(-c2ccccc2)[nH]1.I. The molecule has 0 amide bonds. The highest BCUT2D eigenvalue weighted by molar-refractivity contribution is 14.0. The lowest BCUT2D eigenvalue weighted by atomic mass is 10.2. The van der Waals surface area contributed by atoms with Crippen LogP contribution < -0.4 is 5.32 Å². The van der Waals surface area contributed by atoms with Gasteiger partial charge in [-0.1, -0.05) is 36.4 Å². The van der Waals surface area contributed by atoms with Crippen LogP contribution in [0.4, 0.5) is 0 Å². The Labute approximate surface area is 198 Å². The van der Waals surface area contributed by atoms with Crippen LogP contribution in [0.3, 0.4) is 0 Å². The Hall–Kier alpha value is -2.95. The Kier molecular flexibility index (Phi) is 7.99. The quantitative estimate of drug-likeness (QED) is 0.166. The van der Waals surface area contributed by atoms with Crippen molar-refractivity contribution in [3.63, 3.8) is 0 Å². The summed E-state index contributed by atoms with van der Waals surface area (Å²) in [6.45, 7) is 1.44. The van der Waals surface area contributed by atoms with E-state index in [1.54, 1.807) is 7.05 Å². The summed E-state index contributed by atoms with van der Waals surface area (Å²) in [6, 6.07) is 16.1. The van der Waals surface area contributed by atoms with Gasteiger partial charge in [0.1, 0.15) is 11.6 Å². The number of nitrogens with one attached hydrogen (secondary N) is 2. The lowest BCUT2D eigenvalue weighted by molar-refractivity contribution is 0.463. The first kappa shape index (κ1) is 22.7. The van der Waals surface area contributed by atoms with Crippen LogP contribution in [0.15, 0.2) is 65.9 Å². The number of hydrogen-bond donors (Lipinski definition) is 2. The maximum Gasteiger partial charge on any atom is 0.193 e. The zero-order valence-electron chi connectivity index (χ0n) is 17.7. The van der Waals surface area contributed by atoms with Crippen LogP contribution in [-0.2, 0) is 13.0 Å². The molecule has 0 saturated carbocycles. The van der Waals surface area contributed by atoms with Crippen LogP contribution in [0.2, 0.25) is 0 Å². The fourth-order valence-corrected chi connectivity index (χ4v) is 3.40. The molecule has 0 radical (unpaired) electrons. The van der Waals surface area contributed by atoms with Crippen molar-refractivity contribution in [2.24, 2.45) is 4.99 Å². The third-order valence-corrected chi connectivity index (χ3v) is 4.92. The molecule has 4 rings (SSSR count). The molecule has 0 fully saturated rings. The number of H-pyrrole nitrogens is 1. The summed E-state index contributed by atoms with van der Waals surface area (Å²) in [7, 11) is 3.80. The molecular weight excluding hydrogens is 503 g/mol. The number of guanidine groups is 1. The van der Waals surface area contributed by atoms with Crippen LogP contribution in [0.5, 0.6) is 0 Å². The molecule has 0 aliphatic carbocycles. The van der Waals surface area contributed by atoms with Crippen molar-refractivity contribution in [2.45, 2.75) is 19.4 Å². The first-order valence-electron chi connectivity index (χ1n) is 10.0. The predicted molar refractivity (Wildman–Crippen MR) is 134 cm³/mol. The highest BCUT2D eigenvalue weighted by atomic mass is 127. The van der Waals surface area contributed by atoms with Crippen LogP contribution in [0.1, 0.15) is 18.1 Å². The molecule has 0 spiro atoms. The van der Waals surface area contributed by atoms with Crippen molar-refractivity contribution >= 4 is 35.6 Å². The second-order valence-electron chi connectivity index (χ2n) is 7.09. The average Bonchev–Trinajstić information content (AvgIpc) is 3.41. The first-order chi connectivity index (χ1) is 14.7. The van der Waals surface area contributed by atoms with Gasteiger partial charge in [0, 0.05) is 33.3 Å². The average molecular weight is 530 g/mol. The number of halogens is 1. The molecule has 31 heavy (non-hydrogen) atoms. The number of aromatic amines is 1. The molecule has 8 nitrogen and oxygen atoms in total. The van der Waals surface area contributed by atoms with E-state index in [1.807, 2.05) is 60.2 Å². The molecule has 3 aromatic heterocycles. The number of aliphatic imine (C=N–C) groups is 1. The zero-order valence-corrected chi connectivity index (χ0v) is 20.0. The van der Waals surface area contributed by atoms with Crippen molar-refractivity contribution in [1.29, 1.82) is 0 Å². The van der Waals surface area contributed by atoms with E-state index in [0.717, 1.165) is 53.9 Å². The van der Waals surface area contributed by atoms with Gasteiger partial charge in [0.05, 0.1) is 18.4 Å². The summed E-state index contributed by atoms with van der Waals surface area (Å²) in [4.78, 5) is 14.3. The van der Waals surface area contributed by atoms with Gasteiger partial charge < -0.3 is 15.2 Å². The van der Waals surface area contributed by atoms with Gasteiger partial charge >= 0.3 is 0 Å². The number of fused-ring (bicyclic) bond motifs is 1. The Morgan fingerprint density at radius 3 is 2.74 bits per heavy atom. The zero-order chi connectivity index (χ0) is 20.8. The molecule has 4 aromatic rings. The molecule has 1 aromatic carbocycles. The van der Waals surface area contributed by atoms with E-state index in [0.29, 0.717) is 6.54 Å². The van der Waals surface area contributed by atoms with E-state index >= 15 is 0 Å². The molecule has 0 aliphatic heterocycles. The normalized spacial score (nSPS) is 11.4. The second kappa shape index (κ2) is 10.9. The smallest absolute Gasteiger partial charge is 0.193 e. The van der Waals surface area contributed by atoms with Gasteiger partial charge in [-0.15, -0.1) is 34.2 Å². The molecule has 0 aliphatic rings. The van der Waals surface area contributed by atoms with E-state index in [9.17, 15) is 0 Å². The van der Waals surface area contributed by atoms with Crippen molar-refractivity contribution in [1.82, 2.24) is 34.8 Å². The molecule has 162 valence electrons. The summed E-state index contributed by atoms with van der Waals surface area (Å²) in [5.41, 5.74) is 3.02. The van der Waals surface area contributed by atoms with Crippen LogP contribution in [0.25, 0.3) is 16.9 Å². The van der Waals surface area contributed by atoms with Crippen molar-refractivity contribution < 1.29 is 0 Å². The van der Waals surface area contributed by atoms with Gasteiger partial charge in [0.25, 0.3) is 0 Å². The van der Waals surface area contributed by atoms with E-state index in [2.05, 4.69) is 47.5 Å². The minimum Gasteiger partial charge on any atom is -0.356 e. The largest absolute Gasteiger partial charge is 0.356 e. The first-order valence-corrected chi connectivity index (χ1v) is 10.0. The van der Waals surface area contributed by atoms with Gasteiger partial charge in [-0.05, 0) is 24.1 Å². The summed E-state index contributed by atoms with van der Waals surface area (Å²) >= 11 is 0. The molecule has 3 heterocycles. The lowest BCUT2D eigenvalue weighted by Crippen LogP contribution is -2.39. The van der Waals surface area contributed by atoms with Gasteiger partial charge in [-0.2, -0.15) is 0 Å². The molecule has 9 heteroatoms. The molecule has 0 atom stereocenters. The van der Waals surface area contributed by atoms with E-state index in [4.69, 9.17) is 0 Å². The number of aryl methyl sites for hydroxylation is 1. The Morgan fingerprint density at radius 2 is 1.94 bits per heavy atom. The fraction of sp³-hybridized carbons (Fsp3) is 0.273. The number of imidazole rings is 1. The van der Waals surface area contributed by atoms with E-state index in [1.165, 1.54) is 0 Å². The Balaban J connectivity index is 0.00000272. The van der Waals surface area contributed by atoms with Crippen LogP contribution in [-0.4, -0.2) is 56.1 Å². The minimum atomic E-state index is 0. The molecular formula is C22H27IN8. The standard InChI is InChI=1S/C22H26N8.HI/c1-23-22(24-13-8-12-21-28-27-20-11-6-7-14-30(20)21)29(2)16-19-25-15-18(26-19)17-9-4-3-5-10-17;/h3-7,9-11,14-15H,8,12-13,16H2,1-2H3,(H,23,24)(H,25,26);1H. The minimum absolute atomic E-state index is 0. The third-order valence-electron chi connectivity index (χ3n) is 4.92. The summed E-state index contributed by atoms with van der Waals surface area (Å²) in [6.07, 6.45) is 5.65. The fourth-order valence-electron chi connectivity index (χ4n) is 3.40. The lowest BCUT2D eigenvalue weighted by Gasteiger charge is -2.21. The molecule has 2 N–H and O–H groups in total. The van der Waals surface area contributed by atoms with Gasteiger partial charge in [0.2, 0.25) is 0 Å². The summed E-state index contributed by atoms with van der Waals surface area (Å²) in [5, 5.41) is 11.9. The Morgan fingerprint density at radius 1 is 1.13 bits per heavy atom. The summed E-state index contributed by atoms with van der Waals surface area (Å²) in [5.74, 6) is 2.70. The number of aromatic nitrogens is 5. The maximum absolute atomic E-state index is 4.51. The van der Waals surface area contributed by atoms with Gasteiger partial charge in [-0.25, -0.2) is 4.98 Å². The molecule has 0 unspecified atom stereocenters. The van der Waals surface area contributed by atoms with Crippen LogP contribution >= 0.6 is 24.0 Å². The van der Waals surface area contributed by atoms with Gasteiger partial charge in [-0.3, -0.25) is 9.39 Å². The number of rotatable bonds is 7. The third kappa shape index (κ3) is 5.60. The number of pyridine rings is 1. The van der Waals surface area contributed by atoms with Gasteiger partial charge in [0.15, 0.2) is 11.6 Å². The van der Waals surface area contributed by atoms with E-state index < -0.39 is 0 Å². The number of hydrogen-bond acceptors (Lipinski definition) is 4. The Bertz CT molecular complexity index is 1120. The summed E-state index contributed by atoms with van der Waals surface area (Å²) < 4.78 is 2.03. The number of nitrogens with zero attached hydrogens (tertiary/aromatic N) is 6. The second-order valence-corrected chi connectivity index (χ2v) is 7.09. The predicted octanol–water partition coefficient (Wildman–Crippen LogP) is 3.38. The van der Waals surface area contributed by atoms with Crippen LogP contribution in [0, 0.1) is 0 Å². The monoisotopic (exact) mass is 530 g/mol. The highest BCUT2D eigenvalue weighted by Gasteiger charge is 2.10. The van der Waals surface area contributed by atoms with Crippen molar-refractivity contribution in [3.8, 4) is 11.3 Å². The molecule has 0 bridgehead atoms. The topological polar surface area (TPSA) is 86.5 Å². The maximum atomic E-state index is 4.51. The van der Waals surface area contributed by atoms with Crippen molar-refractivity contribution in [2.75, 3.05) is 20.6 Å². The molecule has 0 saturated heterocycles. The van der Waals surface area contributed by atoms with Crippen molar-refractivity contribution in [3.05, 3.63) is 72.6 Å². The van der Waals surface area contributed by atoms with E-state index in [-0.39, 0.29) is 24.0 Å².